The van der Waals surface area contributed by atoms with Crippen molar-refractivity contribution in [3.05, 3.63) is 0 Å². The molecule has 84 valence electrons. The second-order valence-electron chi connectivity index (χ2n) is 2.64. The van der Waals surface area contributed by atoms with Gasteiger partial charge in [-0.3, -0.25) is 0 Å². The number of carbonyl (C=O) groups is 1. The fourth-order valence-electron chi connectivity index (χ4n) is 0.747. The van der Waals surface area contributed by atoms with Gasteiger partial charge in [0.15, 0.2) is 6.10 Å². The van der Waals surface area contributed by atoms with E-state index in [2.05, 4.69) is 4.74 Å². The molecule has 5 N–H and O–H groups in total. The zero-order valence-corrected chi connectivity index (χ0v) is 7.28. The van der Waals surface area contributed by atoms with E-state index < -0.39 is 44.1 Å². The fourth-order valence-corrected chi connectivity index (χ4v) is 0.747. The third kappa shape index (κ3) is 3.20. The zero-order chi connectivity index (χ0) is 12.0. The first-order valence-electron chi connectivity index (χ1n) is 4.45. The summed E-state index contributed by atoms with van der Waals surface area (Å²) in [6, 6.07) is 0. The van der Waals surface area contributed by atoms with Gasteiger partial charge in [-0.25, -0.2) is 4.79 Å². The van der Waals surface area contributed by atoms with Gasteiger partial charge >= 0.3 is 5.97 Å². The van der Waals surface area contributed by atoms with Gasteiger partial charge in [-0.1, -0.05) is 0 Å². The highest BCUT2D eigenvalue weighted by Crippen LogP contribution is 2.05. The van der Waals surface area contributed by atoms with Crippen LogP contribution in [-0.4, -0.2) is 69.6 Å². The Kier molecular flexibility index (Phi) is 4.77. The second kappa shape index (κ2) is 5.89. The number of aliphatic hydroxyl groups excluding tert-OH is 5. The summed E-state index contributed by atoms with van der Waals surface area (Å²) >= 11 is 0. The van der Waals surface area contributed by atoms with Crippen LogP contribution in [0.4, 0.5) is 0 Å². The Morgan fingerprint density at radius 1 is 1.36 bits per heavy atom. The molecule has 0 spiro atoms. The molecule has 0 bridgehead atoms. The van der Waals surface area contributed by atoms with Gasteiger partial charge in [-0.05, 0) is 0 Å². The lowest BCUT2D eigenvalue weighted by Crippen LogP contribution is -2.48. The summed E-state index contributed by atoms with van der Waals surface area (Å²) in [6.07, 6.45) is -7.64. The van der Waals surface area contributed by atoms with E-state index in [9.17, 15) is 4.79 Å². The summed E-state index contributed by atoms with van der Waals surface area (Å²) in [6.45, 7) is -0.835. The van der Waals surface area contributed by atoms with Gasteiger partial charge in [0.2, 0.25) is 0 Å². The average molecular weight is 211 g/mol. The van der Waals surface area contributed by atoms with E-state index in [0.29, 0.717) is 0 Å². The van der Waals surface area contributed by atoms with Gasteiger partial charge in [0.1, 0.15) is 18.3 Å². The van der Waals surface area contributed by atoms with Crippen molar-refractivity contribution < 1.29 is 36.4 Å². The average Bonchev–Trinajstić information content (AvgIpc) is 2.25. The van der Waals surface area contributed by atoms with Crippen LogP contribution in [0.5, 0.6) is 0 Å². The van der Waals surface area contributed by atoms with Crippen LogP contribution in [0.25, 0.3) is 0 Å². The maximum Gasteiger partial charge on any atom is 0.337 e. The molecule has 7 heteroatoms. The molecule has 0 saturated heterocycles. The van der Waals surface area contributed by atoms with Crippen LogP contribution in [0.2, 0.25) is 0 Å². The minimum Gasteiger partial charge on any atom is -0.467 e. The molecule has 0 amide bonds. The fraction of sp³-hybridized carbons (Fsp3) is 0.857. The van der Waals surface area contributed by atoms with Crippen molar-refractivity contribution in [1.29, 1.82) is 0 Å². The lowest BCUT2D eigenvalue weighted by Gasteiger charge is -2.23. The molecule has 0 fully saturated rings. The summed E-state index contributed by atoms with van der Waals surface area (Å²) in [5.74, 6) is -1.29. The predicted molar refractivity (Wildman–Crippen MR) is 43.1 cm³/mol. The Hall–Kier alpha value is -0.730. The molecule has 0 aliphatic carbocycles. The van der Waals surface area contributed by atoms with Crippen molar-refractivity contribution in [3.63, 3.8) is 0 Å². The van der Waals surface area contributed by atoms with Crippen LogP contribution in [0, 0.1) is 0 Å². The van der Waals surface area contributed by atoms with Gasteiger partial charge in [0.05, 0.1) is 15.1 Å². The molecular weight excluding hydrogens is 196 g/mol. The Morgan fingerprint density at radius 2 is 1.93 bits per heavy atom. The lowest BCUT2D eigenvalue weighted by molar-refractivity contribution is -0.167. The van der Waals surface area contributed by atoms with Crippen LogP contribution in [0.15, 0.2) is 0 Å². The van der Waals surface area contributed by atoms with E-state index in [4.69, 9.17) is 26.9 Å². The maximum absolute atomic E-state index is 10.8. The molecule has 4 atom stereocenters. The summed E-state index contributed by atoms with van der Waals surface area (Å²) in [5, 5.41) is 44.6. The Morgan fingerprint density at radius 3 is 2.36 bits per heavy atom. The van der Waals surface area contributed by atoms with Crippen molar-refractivity contribution in [2.75, 3.05) is 13.7 Å². The van der Waals surface area contributed by atoms with Crippen molar-refractivity contribution in [2.24, 2.45) is 0 Å². The van der Waals surface area contributed by atoms with Crippen LogP contribution in [-0.2, 0) is 9.53 Å². The molecule has 0 radical (unpaired) electrons. The Bertz CT molecular complexity index is 200. The van der Waals surface area contributed by atoms with Crippen molar-refractivity contribution in [2.45, 2.75) is 24.4 Å². The van der Waals surface area contributed by atoms with Gasteiger partial charge < -0.3 is 30.3 Å². The summed E-state index contributed by atoms with van der Waals surface area (Å²) in [7, 11) is -0.735. The second-order valence-corrected chi connectivity index (χ2v) is 2.64. The number of hydrogen-bond acceptors (Lipinski definition) is 7. The largest absolute Gasteiger partial charge is 0.467 e. The summed E-state index contributed by atoms with van der Waals surface area (Å²) in [4.78, 5) is 10.8. The van der Waals surface area contributed by atoms with Crippen LogP contribution in [0.1, 0.15) is 1.37 Å². The highest BCUT2D eigenvalue weighted by Gasteiger charge is 2.34. The van der Waals surface area contributed by atoms with Crippen molar-refractivity contribution >= 4 is 5.97 Å². The van der Waals surface area contributed by atoms with Crippen molar-refractivity contribution in [1.82, 2.24) is 0 Å². The maximum atomic E-state index is 10.8. The van der Waals surface area contributed by atoms with Gasteiger partial charge in [-0.2, -0.15) is 0 Å². The van der Waals surface area contributed by atoms with Crippen LogP contribution >= 0.6 is 0 Å². The molecule has 14 heavy (non-hydrogen) atoms. The van der Waals surface area contributed by atoms with Crippen LogP contribution < -0.4 is 0 Å². The van der Waals surface area contributed by atoms with E-state index in [0.717, 1.165) is 0 Å². The molecular formula is C7H14O7. The third-order valence-electron chi connectivity index (χ3n) is 1.64. The van der Waals surface area contributed by atoms with E-state index in [1.165, 1.54) is 0 Å². The number of carbonyl (C=O) groups excluding carboxylic acids is 1. The number of methoxy groups -OCH3 is 1. The molecule has 0 aromatic carbocycles. The topological polar surface area (TPSA) is 127 Å². The lowest BCUT2D eigenvalue weighted by atomic mass is 10.0. The first-order valence-corrected chi connectivity index (χ1v) is 3.74. The molecule has 0 heterocycles. The molecule has 0 rings (SSSR count). The predicted octanol–water partition coefficient (Wildman–Crippen LogP) is -3.40. The minimum atomic E-state index is -2.08. The first kappa shape index (κ1) is 11.3. The minimum absolute atomic E-state index is 0.735. The van der Waals surface area contributed by atoms with Gasteiger partial charge in [0, 0.05) is 0 Å². The molecule has 0 unspecified atom stereocenters. The highest BCUT2D eigenvalue weighted by atomic mass is 16.5. The zero-order valence-electron chi connectivity index (χ0n) is 8.28. The smallest absolute Gasteiger partial charge is 0.337 e. The highest BCUT2D eigenvalue weighted by molar-refractivity contribution is 5.75. The number of esters is 1. The van der Waals surface area contributed by atoms with E-state index in [1.54, 1.807) is 0 Å². The van der Waals surface area contributed by atoms with Crippen LogP contribution in [0.3, 0.4) is 0 Å². The molecule has 0 aromatic rings. The monoisotopic (exact) mass is 211 g/mol. The summed E-state index contributed by atoms with van der Waals surface area (Å²) < 4.78 is 10.6. The normalized spacial score (nSPS) is 20.5. The molecule has 0 saturated carbocycles. The first-order chi connectivity index (χ1) is 6.95. The Balaban J connectivity index is 4.29. The number of hydrogen-bond donors (Lipinski definition) is 5. The van der Waals surface area contributed by atoms with Gasteiger partial charge in [-0.15, -0.1) is 0 Å². The molecule has 0 aliphatic rings. The molecule has 0 aromatic heterocycles. The number of rotatable bonds is 5. The number of aliphatic hydroxyl groups is 5. The molecule has 7 nitrogen and oxygen atoms in total. The molecule has 0 aliphatic heterocycles. The third-order valence-corrected chi connectivity index (χ3v) is 1.64. The standard InChI is InChI=1S/C7H14O7/c1-14-7(13)6(12)5(11)4(10)3(9)2-8/h3-6,8-12H,2H2,1H3/t3-,4-,5+,6-/m1/s1/i1D. The summed E-state index contributed by atoms with van der Waals surface area (Å²) in [5.41, 5.74) is 0. The van der Waals surface area contributed by atoms with Gasteiger partial charge in [0.25, 0.3) is 0 Å². The van der Waals surface area contributed by atoms with E-state index >= 15 is 0 Å². The van der Waals surface area contributed by atoms with E-state index in [1.807, 2.05) is 0 Å². The van der Waals surface area contributed by atoms with Crippen molar-refractivity contribution in [3.8, 4) is 0 Å². The quantitative estimate of drug-likeness (QED) is 0.300. The SMILES string of the molecule is [2H]COC(=O)[C@H](O)[C@@H](O)[C@H](O)[C@H](O)CO. The number of ether oxygens (including phenoxy) is 1. The van der Waals surface area contributed by atoms with E-state index in [-0.39, 0.29) is 0 Å². The Labute approximate surface area is 81.6 Å².